The van der Waals surface area contributed by atoms with Gasteiger partial charge in [-0.2, -0.15) is 5.10 Å². The van der Waals surface area contributed by atoms with Gasteiger partial charge in [-0.3, -0.25) is 5.10 Å². The lowest BCUT2D eigenvalue weighted by atomic mass is 10.1. The molecule has 4 heteroatoms. The number of aryl methyl sites for hydroxylation is 2. The van der Waals surface area contributed by atoms with Crippen molar-refractivity contribution >= 4 is 10.9 Å². The molecule has 0 saturated carbocycles. The van der Waals surface area contributed by atoms with Crippen LogP contribution in [0.4, 0.5) is 0 Å². The van der Waals surface area contributed by atoms with E-state index < -0.39 is 0 Å². The van der Waals surface area contributed by atoms with Gasteiger partial charge in [-0.05, 0) is 61.0 Å². The highest BCUT2D eigenvalue weighted by atomic mass is 15.1. The molecule has 0 aliphatic heterocycles. The Morgan fingerprint density at radius 3 is 3.05 bits per heavy atom. The Morgan fingerprint density at radius 1 is 1.25 bits per heavy atom. The highest BCUT2D eigenvalue weighted by Gasteiger charge is 2.00. The molecule has 0 spiro atoms. The zero-order chi connectivity index (χ0) is 13.8. The van der Waals surface area contributed by atoms with Crippen LogP contribution in [0.3, 0.4) is 0 Å². The molecule has 3 rings (SSSR count). The molecular weight excluding hydrogens is 248 g/mol. The van der Waals surface area contributed by atoms with Crippen molar-refractivity contribution in [2.75, 3.05) is 6.54 Å². The second-order valence-corrected chi connectivity index (χ2v) is 5.20. The maximum atomic E-state index is 4.04. The lowest BCUT2D eigenvalue weighted by molar-refractivity contribution is 0.649. The van der Waals surface area contributed by atoms with Crippen LogP contribution in [0.15, 0.2) is 36.7 Å². The van der Waals surface area contributed by atoms with Gasteiger partial charge in [0.15, 0.2) is 0 Å². The van der Waals surface area contributed by atoms with Crippen LogP contribution in [0.2, 0.25) is 0 Å². The number of rotatable bonds is 6. The summed E-state index contributed by atoms with van der Waals surface area (Å²) in [5.74, 6) is 0. The van der Waals surface area contributed by atoms with E-state index in [1.54, 1.807) is 0 Å². The number of fused-ring (bicyclic) bond motifs is 1. The Hall–Kier alpha value is -2.07. The minimum atomic E-state index is 0.922. The molecule has 0 fully saturated rings. The first-order valence-corrected chi connectivity index (χ1v) is 7.08. The van der Waals surface area contributed by atoms with E-state index in [0.717, 1.165) is 25.9 Å². The molecule has 3 aromatic rings. The van der Waals surface area contributed by atoms with Gasteiger partial charge >= 0.3 is 0 Å². The minimum Gasteiger partial charge on any atom is -0.361 e. The Balaban J connectivity index is 1.44. The standard InChI is InChI=1S/C16H20N4/c1-12-15(11-19-20-12)3-2-7-17-10-13-4-5-16-14(9-13)6-8-18-16/h4-6,8-9,11,17-18H,2-3,7,10H2,1H3,(H,19,20). The van der Waals surface area contributed by atoms with Crippen molar-refractivity contribution in [1.82, 2.24) is 20.5 Å². The summed E-state index contributed by atoms with van der Waals surface area (Å²) in [7, 11) is 0. The molecule has 2 heterocycles. The molecule has 0 aliphatic carbocycles. The number of nitrogens with one attached hydrogen (secondary N) is 3. The van der Waals surface area contributed by atoms with Gasteiger partial charge in [-0.1, -0.05) is 6.07 Å². The monoisotopic (exact) mass is 268 g/mol. The largest absolute Gasteiger partial charge is 0.361 e. The second kappa shape index (κ2) is 5.92. The van der Waals surface area contributed by atoms with E-state index in [1.165, 1.54) is 27.7 Å². The van der Waals surface area contributed by atoms with E-state index in [2.05, 4.69) is 51.7 Å². The fourth-order valence-corrected chi connectivity index (χ4v) is 2.48. The zero-order valence-electron chi connectivity index (χ0n) is 11.7. The molecular formula is C16H20N4. The van der Waals surface area contributed by atoms with Crippen molar-refractivity contribution < 1.29 is 0 Å². The molecule has 104 valence electrons. The third-order valence-electron chi connectivity index (χ3n) is 3.68. The predicted molar refractivity (Wildman–Crippen MR) is 81.7 cm³/mol. The van der Waals surface area contributed by atoms with Crippen LogP contribution < -0.4 is 5.32 Å². The third-order valence-corrected chi connectivity index (χ3v) is 3.68. The summed E-state index contributed by atoms with van der Waals surface area (Å²) in [4.78, 5) is 3.21. The molecule has 0 saturated heterocycles. The van der Waals surface area contributed by atoms with Gasteiger partial charge < -0.3 is 10.3 Å². The number of aromatic nitrogens is 3. The maximum Gasteiger partial charge on any atom is 0.0522 e. The van der Waals surface area contributed by atoms with Crippen LogP contribution in [0.25, 0.3) is 10.9 Å². The molecule has 0 amide bonds. The number of H-pyrrole nitrogens is 2. The fourth-order valence-electron chi connectivity index (χ4n) is 2.48. The molecule has 20 heavy (non-hydrogen) atoms. The Labute approximate surface area is 118 Å². The van der Waals surface area contributed by atoms with Crippen LogP contribution in [0, 0.1) is 6.92 Å². The summed E-state index contributed by atoms with van der Waals surface area (Å²) >= 11 is 0. The average molecular weight is 268 g/mol. The van der Waals surface area contributed by atoms with Gasteiger partial charge in [-0.25, -0.2) is 0 Å². The summed E-state index contributed by atoms with van der Waals surface area (Å²) < 4.78 is 0. The zero-order valence-corrected chi connectivity index (χ0v) is 11.7. The maximum absolute atomic E-state index is 4.04. The van der Waals surface area contributed by atoms with Crippen LogP contribution in [0.5, 0.6) is 0 Å². The third kappa shape index (κ3) is 2.91. The summed E-state index contributed by atoms with van der Waals surface area (Å²) in [6, 6.07) is 8.66. The van der Waals surface area contributed by atoms with Crippen molar-refractivity contribution in [1.29, 1.82) is 0 Å². The van der Waals surface area contributed by atoms with Gasteiger partial charge in [0.2, 0.25) is 0 Å². The number of nitrogens with zero attached hydrogens (tertiary/aromatic N) is 1. The highest BCUT2D eigenvalue weighted by Crippen LogP contribution is 2.14. The number of benzene rings is 1. The van der Waals surface area contributed by atoms with Crippen molar-refractivity contribution in [3.8, 4) is 0 Å². The van der Waals surface area contributed by atoms with E-state index in [0.29, 0.717) is 0 Å². The first-order chi connectivity index (χ1) is 9.83. The van der Waals surface area contributed by atoms with E-state index in [4.69, 9.17) is 0 Å². The second-order valence-electron chi connectivity index (χ2n) is 5.20. The Kier molecular flexibility index (Phi) is 3.83. The normalized spacial score (nSPS) is 11.2. The van der Waals surface area contributed by atoms with Gasteiger partial charge in [0.05, 0.1) is 6.20 Å². The van der Waals surface area contributed by atoms with Gasteiger partial charge in [0.25, 0.3) is 0 Å². The Bertz CT molecular complexity index is 680. The molecule has 0 atom stereocenters. The van der Waals surface area contributed by atoms with Crippen LogP contribution in [-0.4, -0.2) is 21.7 Å². The number of aromatic amines is 2. The van der Waals surface area contributed by atoms with Gasteiger partial charge in [-0.15, -0.1) is 0 Å². The van der Waals surface area contributed by atoms with Gasteiger partial charge in [0.1, 0.15) is 0 Å². The minimum absolute atomic E-state index is 0.922. The molecule has 3 N–H and O–H groups in total. The van der Waals surface area contributed by atoms with E-state index in [-0.39, 0.29) is 0 Å². The van der Waals surface area contributed by atoms with E-state index in [9.17, 15) is 0 Å². The first-order valence-electron chi connectivity index (χ1n) is 7.08. The summed E-state index contributed by atoms with van der Waals surface area (Å²) in [5, 5.41) is 11.8. The molecule has 0 aliphatic rings. The van der Waals surface area contributed by atoms with Crippen molar-refractivity contribution in [2.24, 2.45) is 0 Å². The fraction of sp³-hybridized carbons (Fsp3) is 0.312. The molecule has 0 radical (unpaired) electrons. The summed E-state index contributed by atoms with van der Waals surface area (Å²) in [6.45, 7) is 4.02. The number of hydrogen-bond acceptors (Lipinski definition) is 2. The predicted octanol–water partition coefficient (Wildman–Crippen LogP) is 2.92. The van der Waals surface area contributed by atoms with Crippen molar-refractivity contribution in [2.45, 2.75) is 26.3 Å². The van der Waals surface area contributed by atoms with E-state index in [1.807, 2.05) is 12.4 Å². The quantitative estimate of drug-likeness (QED) is 0.602. The average Bonchev–Trinajstić information content (AvgIpc) is 3.07. The molecule has 0 unspecified atom stereocenters. The topological polar surface area (TPSA) is 56.5 Å². The molecule has 1 aromatic carbocycles. The number of hydrogen-bond donors (Lipinski definition) is 3. The summed E-state index contributed by atoms with van der Waals surface area (Å²) in [5.41, 5.74) is 5.03. The SMILES string of the molecule is Cc1[nH]ncc1CCCNCc1ccc2[nH]ccc2c1. The molecule has 4 nitrogen and oxygen atoms in total. The highest BCUT2D eigenvalue weighted by molar-refractivity contribution is 5.79. The van der Waals surface area contributed by atoms with Crippen molar-refractivity contribution in [3.63, 3.8) is 0 Å². The van der Waals surface area contributed by atoms with Gasteiger partial charge in [0, 0.05) is 24.0 Å². The Morgan fingerprint density at radius 2 is 2.20 bits per heavy atom. The van der Waals surface area contributed by atoms with Crippen LogP contribution in [-0.2, 0) is 13.0 Å². The molecule has 0 bridgehead atoms. The first kappa shape index (κ1) is 12.9. The smallest absolute Gasteiger partial charge is 0.0522 e. The van der Waals surface area contributed by atoms with Crippen molar-refractivity contribution in [3.05, 3.63) is 53.5 Å². The summed E-state index contributed by atoms with van der Waals surface area (Å²) in [6.07, 6.45) is 6.11. The van der Waals surface area contributed by atoms with Crippen LogP contribution >= 0.6 is 0 Å². The lowest BCUT2D eigenvalue weighted by Crippen LogP contribution is -2.15. The van der Waals surface area contributed by atoms with Crippen LogP contribution in [0.1, 0.15) is 23.2 Å². The van der Waals surface area contributed by atoms with E-state index >= 15 is 0 Å². The lowest BCUT2D eigenvalue weighted by Gasteiger charge is -2.05. The molecule has 2 aromatic heterocycles.